The van der Waals surface area contributed by atoms with Crippen LogP contribution in [0.1, 0.15) is 39.5 Å². The molecule has 3 nitrogen and oxygen atoms in total. The summed E-state index contributed by atoms with van der Waals surface area (Å²) < 4.78 is 0. The molecule has 0 aromatic heterocycles. The second-order valence-corrected chi connectivity index (χ2v) is 7.01. The molecule has 0 bridgehead atoms. The fourth-order valence-corrected chi connectivity index (χ4v) is 3.48. The number of piperidine rings is 2. The van der Waals surface area contributed by atoms with Gasteiger partial charge in [-0.3, -0.25) is 0 Å². The van der Waals surface area contributed by atoms with Crippen LogP contribution in [-0.2, 0) is 0 Å². The van der Waals surface area contributed by atoms with Crippen molar-refractivity contribution in [1.29, 1.82) is 0 Å². The number of benzene rings is 1. The van der Waals surface area contributed by atoms with Gasteiger partial charge in [-0.25, -0.2) is 0 Å². The van der Waals surface area contributed by atoms with Crippen LogP contribution >= 0.6 is 24.8 Å². The summed E-state index contributed by atoms with van der Waals surface area (Å²) in [6.45, 7) is 9.08. The Kier molecular flexibility index (Phi) is 7.82. The Bertz CT molecular complexity index is 482. The lowest BCUT2D eigenvalue weighted by Gasteiger charge is -2.35. The monoisotopic (exact) mass is 360 g/mol. The minimum Gasteiger partial charge on any atom is -0.506 e. The number of halogens is 2. The summed E-state index contributed by atoms with van der Waals surface area (Å²) in [4.78, 5) is 4.82. The Labute approximate surface area is 152 Å². The minimum atomic E-state index is 0. The number of phenolic OH excluding ortho intramolecular Hbond substituents is 1. The summed E-state index contributed by atoms with van der Waals surface area (Å²) in [5.41, 5.74) is 2.30. The predicted octanol–water partition coefficient (Wildman–Crippen LogP) is 4.71. The molecule has 0 saturated carbocycles. The second-order valence-electron chi connectivity index (χ2n) is 7.01. The van der Waals surface area contributed by atoms with Crippen molar-refractivity contribution in [3.05, 3.63) is 18.2 Å². The fraction of sp³-hybridized carbons (Fsp3) is 0.667. The molecule has 1 aromatic carbocycles. The zero-order valence-corrected chi connectivity index (χ0v) is 15.8. The molecular formula is C18H30Cl2N2O. The van der Waals surface area contributed by atoms with Crippen molar-refractivity contribution < 1.29 is 5.11 Å². The molecule has 0 spiro atoms. The van der Waals surface area contributed by atoms with Crippen LogP contribution in [-0.4, -0.2) is 31.3 Å². The molecule has 0 unspecified atom stereocenters. The molecule has 2 heterocycles. The summed E-state index contributed by atoms with van der Waals surface area (Å²) in [7, 11) is 0. The van der Waals surface area contributed by atoms with E-state index in [0.29, 0.717) is 5.75 Å². The number of nitrogens with zero attached hydrogens (tertiary/aromatic N) is 2. The predicted molar refractivity (Wildman–Crippen MR) is 104 cm³/mol. The third-order valence-electron chi connectivity index (χ3n) is 5.23. The van der Waals surface area contributed by atoms with Gasteiger partial charge in [0.25, 0.3) is 0 Å². The first-order valence-corrected chi connectivity index (χ1v) is 8.46. The van der Waals surface area contributed by atoms with Gasteiger partial charge in [0.2, 0.25) is 0 Å². The van der Waals surface area contributed by atoms with E-state index in [-0.39, 0.29) is 24.8 Å². The average Bonchev–Trinajstić information content (AvgIpc) is 2.50. The van der Waals surface area contributed by atoms with Crippen LogP contribution in [0, 0.1) is 11.8 Å². The zero-order valence-electron chi connectivity index (χ0n) is 14.2. The highest BCUT2D eigenvalue weighted by atomic mass is 35.5. The lowest BCUT2D eigenvalue weighted by Crippen LogP contribution is -2.34. The highest BCUT2D eigenvalue weighted by molar-refractivity contribution is 5.85. The molecule has 132 valence electrons. The molecule has 1 N–H and O–H groups in total. The van der Waals surface area contributed by atoms with Crippen molar-refractivity contribution in [3.63, 3.8) is 0 Å². The third kappa shape index (κ3) is 4.84. The molecule has 0 atom stereocenters. The van der Waals surface area contributed by atoms with Crippen molar-refractivity contribution in [2.45, 2.75) is 39.5 Å². The van der Waals surface area contributed by atoms with Gasteiger partial charge in [0.15, 0.2) is 0 Å². The lowest BCUT2D eigenvalue weighted by atomic mass is 9.97. The maximum absolute atomic E-state index is 10.2. The Balaban J connectivity index is 0.00000132. The van der Waals surface area contributed by atoms with Crippen LogP contribution in [0.3, 0.4) is 0 Å². The largest absolute Gasteiger partial charge is 0.506 e. The zero-order chi connectivity index (χ0) is 14.8. The normalized spacial score (nSPS) is 19.9. The van der Waals surface area contributed by atoms with E-state index in [0.717, 1.165) is 43.7 Å². The SMILES string of the molecule is CC1CCN(c2ccc(O)c(N3CCC(C)CC3)c2)CC1.Cl.Cl. The van der Waals surface area contributed by atoms with Gasteiger partial charge in [-0.2, -0.15) is 0 Å². The van der Waals surface area contributed by atoms with Crippen molar-refractivity contribution in [2.75, 3.05) is 36.0 Å². The number of hydrogen-bond donors (Lipinski definition) is 1. The molecular weight excluding hydrogens is 331 g/mol. The summed E-state index contributed by atoms with van der Waals surface area (Å²) in [6, 6.07) is 6.14. The lowest BCUT2D eigenvalue weighted by molar-refractivity contribution is 0.427. The summed E-state index contributed by atoms with van der Waals surface area (Å²) >= 11 is 0. The van der Waals surface area contributed by atoms with Gasteiger partial charge in [-0.1, -0.05) is 13.8 Å². The van der Waals surface area contributed by atoms with E-state index in [2.05, 4.69) is 35.8 Å². The molecule has 0 aliphatic carbocycles. The quantitative estimate of drug-likeness (QED) is 0.827. The number of rotatable bonds is 2. The molecule has 2 aliphatic heterocycles. The van der Waals surface area contributed by atoms with Crippen molar-refractivity contribution in [3.8, 4) is 5.75 Å². The maximum atomic E-state index is 10.2. The smallest absolute Gasteiger partial charge is 0.139 e. The first kappa shape index (κ1) is 20.2. The molecule has 23 heavy (non-hydrogen) atoms. The molecule has 0 radical (unpaired) electrons. The third-order valence-corrected chi connectivity index (χ3v) is 5.23. The molecule has 2 aliphatic rings. The molecule has 3 rings (SSSR count). The van der Waals surface area contributed by atoms with E-state index in [1.165, 1.54) is 31.4 Å². The number of hydrogen-bond acceptors (Lipinski definition) is 3. The van der Waals surface area contributed by atoms with E-state index < -0.39 is 0 Å². The fourth-order valence-electron chi connectivity index (χ4n) is 3.48. The number of anilines is 2. The van der Waals surface area contributed by atoms with Crippen LogP contribution in [0.5, 0.6) is 5.75 Å². The van der Waals surface area contributed by atoms with Crippen molar-refractivity contribution in [2.24, 2.45) is 11.8 Å². The maximum Gasteiger partial charge on any atom is 0.139 e. The Morgan fingerprint density at radius 3 is 1.83 bits per heavy atom. The topological polar surface area (TPSA) is 26.7 Å². The molecule has 0 amide bonds. The van der Waals surface area contributed by atoms with E-state index in [4.69, 9.17) is 0 Å². The van der Waals surface area contributed by atoms with Crippen LogP contribution in [0.25, 0.3) is 0 Å². The standard InChI is InChI=1S/C18H28N2O.2ClH/c1-14-5-9-19(10-6-14)16-3-4-18(21)17(13-16)20-11-7-15(2)8-12-20;;/h3-4,13-15,21H,5-12H2,1-2H3;2*1H. The van der Waals surface area contributed by atoms with Crippen LogP contribution in [0.2, 0.25) is 0 Å². The Morgan fingerprint density at radius 1 is 0.826 bits per heavy atom. The first-order valence-electron chi connectivity index (χ1n) is 8.46. The number of aromatic hydroxyl groups is 1. The van der Waals surface area contributed by atoms with E-state index in [1.54, 1.807) is 0 Å². The van der Waals surface area contributed by atoms with Crippen molar-refractivity contribution in [1.82, 2.24) is 0 Å². The van der Waals surface area contributed by atoms with Gasteiger partial charge >= 0.3 is 0 Å². The van der Waals surface area contributed by atoms with Gasteiger partial charge < -0.3 is 14.9 Å². The Hall–Kier alpha value is -0.800. The highest BCUT2D eigenvalue weighted by Crippen LogP contribution is 2.35. The average molecular weight is 361 g/mol. The summed E-state index contributed by atoms with van der Waals surface area (Å²) in [5, 5.41) is 10.2. The van der Waals surface area contributed by atoms with Gasteiger partial charge in [-0.15, -0.1) is 24.8 Å². The van der Waals surface area contributed by atoms with E-state index >= 15 is 0 Å². The Morgan fingerprint density at radius 2 is 1.30 bits per heavy atom. The molecule has 5 heteroatoms. The van der Waals surface area contributed by atoms with E-state index in [9.17, 15) is 5.11 Å². The van der Waals surface area contributed by atoms with Crippen LogP contribution in [0.4, 0.5) is 11.4 Å². The van der Waals surface area contributed by atoms with Gasteiger partial charge in [0.1, 0.15) is 5.75 Å². The second kappa shape index (κ2) is 8.89. The minimum absolute atomic E-state index is 0. The van der Waals surface area contributed by atoms with Crippen LogP contribution < -0.4 is 9.80 Å². The first-order chi connectivity index (χ1) is 10.1. The van der Waals surface area contributed by atoms with Crippen LogP contribution in [0.15, 0.2) is 18.2 Å². The molecule has 2 saturated heterocycles. The summed E-state index contributed by atoms with van der Waals surface area (Å²) in [5.74, 6) is 2.09. The summed E-state index contributed by atoms with van der Waals surface area (Å²) in [6.07, 6.45) is 5.00. The van der Waals surface area contributed by atoms with Crippen molar-refractivity contribution >= 4 is 36.2 Å². The number of phenols is 1. The highest BCUT2D eigenvalue weighted by Gasteiger charge is 2.21. The van der Waals surface area contributed by atoms with Gasteiger partial charge in [-0.05, 0) is 55.7 Å². The molecule has 2 fully saturated rings. The van der Waals surface area contributed by atoms with E-state index in [1.807, 2.05) is 6.07 Å². The van der Waals surface area contributed by atoms with Gasteiger partial charge in [0, 0.05) is 31.9 Å². The molecule has 1 aromatic rings. The van der Waals surface area contributed by atoms with Gasteiger partial charge in [0.05, 0.1) is 5.69 Å².